The molecule has 0 amide bonds. The van der Waals surface area contributed by atoms with Gasteiger partial charge in [-0.1, -0.05) is 305 Å². The monoisotopic (exact) mass is 1340 g/mol. The Hall–Kier alpha value is -12.0. The molecule has 104 heavy (non-hydrogen) atoms. The minimum Gasteiger partial charge on any atom is -0.310 e. The van der Waals surface area contributed by atoms with E-state index in [-0.39, 0.29) is 44.7 Å². The number of hydrogen-bond acceptors (Lipinski definition) is 2. The van der Waals surface area contributed by atoms with E-state index < -0.39 is 48.4 Å². The molecule has 3 heterocycles. The molecule has 0 bridgehead atoms. The maximum Gasteiger partial charge on any atom is 0.252 e. The Bertz CT molecular complexity index is 6790. The van der Waals surface area contributed by atoms with E-state index in [0.717, 1.165) is 155 Å². The van der Waals surface area contributed by atoms with E-state index in [0.29, 0.717) is 5.69 Å². The predicted octanol–water partition coefficient (Wildman–Crippen LogP) is 25.7. The summed E-state index contributed by atoms with van der Waals surface area (Å²) >= 11 is 0. The first-order valence-corrected chi connectivity index (χ1v) is 36.3. The van der Waals surface area contributed by atoms with Crippen LogP contribution in [0, 0.1) is 0 Å². The third-order valence-electron chi connectivity index (χ3n) is 22.0. The van der Waals surface area contributed by atoms with Gasteiger partial charge in [-0.05, 0) is 205 Å². The fourth-order valence-corrected chi connectivity index (χ4v) is 16.8. The van der Waals surface area contributed by atoms with Gasteiger partial charge >= 0.3 is 0 Å². The summed E-state index contributed by atoms with van der Waals surface area (Å²) in [6.45, 7) is 20.2. The number of anilines is 6. The van der Waals surface area contributed by atoms with Crippen LogP contribution in [0.3, 0.4) is 0 Å². The minimum atomic E-state index is -0.514. The van der Waals surface area contributed by atoms with E-state index in [9.17, 15) is 8.22 Å². The van der Waals surface area contributed by atoms with Gasteiger partial charge in [-0.15, -0.1) is 0 Å². The number of para-hydroxylation sites is 2. The zero-order chi connectivity index (χ0) is 77.5. The average Bonchev–Trinajstić information content (AvgIpc) is 0.862. The van der Waals surface area contributed by atoms with Crippen LogP contribution in [-0.4, -0.2) is 11.3 Å². The van der Waals surface area contributed by atoms with Gasteiger partial charge in [-0.3, -0.25) is 0 Å². The van der Waals surface area contributed by atoms with Gasteiger partial charge < -0.3 is 14.4 Å². The van der Waals surface area contributed by atoms with Gasteiger partial charge in [0, 0.05) is 61.5 Å². The SMILES string of the molecule is [2H]c1c([2H])c([2H])c2c(c1[2H])c1c([2H])c([2H])c([2H])c([2H])c1n2-c1ccc2c(c1)N(c1c(-c3ccccc3)cc(C(C)(C)C)cc1-c1cc3ccccc3c3ccccc13)c1cc(C(C)(C)C)cc3c1B2c1cc(-c2ccccc2)ccc1N3c1c(-c2ccccc2)cc(C(C)(C)C)cc1-c1cc2ccccc2c2ccccc12. The number of rotatable bonds is 8. The molecule has 0 spiro atoms. The van der Waals surface area contributed by atoms with Crippen LogP contribution < -0.4 is 26.2 Å². The van der Waals surface area contributed by atoms with E-state index in [1.807, 2.05) is 6.07 Å². The third-order valence-corrected chi connectivity index (χ3v) is 22.0. The lowest BCUT2D eigenvalue weighted by Gasteiger charge is -2.47. The molecule has 2 aliphatic rings. The predicted molar refractivity (Wildman–Crippen MR) is 448 cm³/mol. The van der Waals surface area contributed by atoms with Gasteiger partial charge in [0.15, 0.2) is 0 Å². The lowest BCUT2D eigenvalue weighted by Crippen LogP contribution is -2.61. The van der Waals surface area contributed by atoms with Gasteiger partial charge in [0.05, 0.1) is 33.4 Å². The Kier molecular flexibility index (Phi) is 12.5. The van der Waals surface area contributed by atoms with E-state index >= 15 is 0 Å². The van der Waals surface area contributed by atoms with Crippen molar-refractivity contribution in [3.05, 3.63) is 338 Å². The molecule has 17 aromatic rings. The first-order valence-electron chi connectivity index (χ1n) is 40.3. The third kappa shape index (κ3) is 10.1. The fraction of sp³-hybridized carbons (Fsp3) is 0.120. The maximum atomic E-state index is 9.95. The first kappa shape index (κ1) is 54.7. The molecule has 2 aliphatic heterocycles. The standard InChI is InChI=1S/C100H80BN3/c1-98(2,3)69-56-81(64-33-15-11-16-34-64)96(85(58-69)83-53-67-37-19-21-39-73(67)75-41-23-25-43-77(75)83)103-91-52-49-66(63-31-13-10-14-32-63)55-88(91)101-87-51-50-72(102-89-47-29-27-45-79(89)80-46-28-30-48-90(80)102)62-92(87)104(94-61-71(100(7,8)9)60-93(103)95(94)101)97-82(65-35-17-12-18-36-65)57-70(99(4,5)6)59-86(97)84-54-68-38-20-22-40-74(68)76-42-24-26-44-78(76)84/h10-62H,1-9H3/i27D,28D,29D,30D,45D,46D,47D,48D. The Balaban J connectivity index is 1.04. The molecule has 0 saturated heterocycles. The van der Waals surface area contributed by atoms with Crippen LogP contribution in [0.15, 0.2) is 321 Å². The summed E-state index contributed by atoms with van der Waals surface area (Å²) in [4.78, 5) is 5.14. The van der Waals surface area contributed by atoms with Gasteiger partial charge in [0.25, 0.3) is 6.71 Å². The Morgan fingerprint density at radius 2 is 0.683 bits per heavy atom. The molecule has 0 aliphatic carbocycles. The van der Waals surface area contributed by atoms with Gasteiger partial charge in [0.1, 0.15) is 0 Å². The quantitative estimate of drug-likeness (QED) is 0.111. The summed E-state index contributed by atoms with van der Waals surface area (Å²) in [7, 11) is 0. The second kappa shape index (κ2) is 23.8. The number of aromatic nitrogens is 1. The fourth-order valence-electron chi connectivity index (χ4n) is 16.8. The molecule has 4 heteroatoms. The van der Waals surface area contributed by atoms with Crippen molar-refractivity contribution in [3.63, 3.8) is 0 Å². The largest absolute Gasteiger partial charge is 0.310 e. The topological polar surface area (TPSA) is 11.4 Å². The molecule has 1 aromatic heterocycles. The van der Waals surface area contributed by atoms with Gasteiger partial charge in [-0.25, -0.2) is 0 Å². The van der Waals surface area contributed by atoms with Crippen LogP contribution >= 0.6 is 0 Å². The van der Waals surface area contributed by atoms with Crippen molar-refractivity contribution in [2.75, 3.05) is 9.80 Å². The number of hydrogen-bond donors (Lipinski definition) is 0. The normalized spacial score (nSPS) is 14.1. The molecule has 0 unspecified atom stereocenters. The highest BCUT2D eigenvalue weighted by Gasteiger charge is 2.47. The van der Waals surface area contributed by atoms with Crippen LogP contribution in [0.1, 0.15) is 90.0 Å². The molecule has 0 radical (unpaired) electrons. The number of nitrogens with zero attached hydrogens (tertiary/aromatic N) is 3. The highest BCUT2D eigenvalue weighted by atomic mass is 15.2. The summed E-state index contributed by atoms with van der Waals surface area (Å²) in [5.74, 6) is 0. The van der Waals surface area contributed by atoms with Crippen molar-refractivity contribution in [1.82, 2.24) is 4.57 Å². The van der Waals surface area contributed by atoms with Crippen molar-refractivity contribution in [1.29, 1.82) is 0 Å². The number of fused-ring (bicyclic) bond motifs is 13. The highest BCUT2D eigenvalue weighted by Crippen LogP contribution is 2.57. The molecular formula is C100H80BN3. The second-order valence-electron chi connectivity index (χ2n) is 31.4. The first-order chi connectivity index (χ1) is 53.8. The van der Waals surface area contributed by atoms with E-state index in [1.165, 1.54) is 10.9 Å². The Morgan fingerprint density at radius 3 is 1.16 bits per heavy atom. The van der Waals surface area contributed by atoms with Crippen LogP contribution in [0.4, 0.5) is 34.1 Å². The van der Waals surface area contributed by atoms with E-state index in [1.54, 1.807) is 4.57 Å². The lowest BCUT2D eigenvalue weighted by atomic mass is 9.33. The van der Waals surface area contributed by atoms with Crippen molar-refractivity contribution < 1.29 is 11.0 Å². The molecule has 0 N–H and O–H groups in total. The number of benzene rings is 16. The lowest BCUT2D eigenvalue weighted by molar-refractivity contribution is 0.590. The van der Waals surface area contributed by atoms with Crippen LogP contribution in [0.2, 0.25) is 0 Å². The molecule has 0 fully saturated rings. The molecule has 3 nitrogen and oxygen atoms in total. The summed E-state index contributed by atoms with van der Waals surface area (Å²) < 4.78 is 77.9. The van der Waals surface area contributed by atoms with Crippen molar-refractivity contribution in [2.45, 2.75) is 78.6 Å². The Morgan fingerprint density at radius 1 is 0.279 bits per heavy atom. The molecule has 0 saturated carbocycles. The smallest absolute Gasteiger partial charge is 0.252 e. The molecular weight excluding hydrogens is 1250 g/mol. The van der Waals surface area contributed by atoms with Crippen molar-refractivity contribution in [2.24, 2.45) is 0 Å². The average molecular weight is 1340 g/mol. The zero-order valence-electron chi connectivity index (χ0n) is 67.9. The van der Waals surface area contributed by atoms with Gasteiger partial charge in [-0.2, -0.15) is 0 Å². The van der Waals surface area contributed by atoms with E-state index in [4.69, 9.17) is 2.74 Å². The molecule has 19 rings (SSSR count). The van der Waals surface area contributed by atoms with Gasteiger partial charge in [0.2, 0.25) is 0 Å². The zero-order valence-corrected chi connectivity index (χ0v) is 59.9. The van der Waals surface area contributed by atoms with E-state index in [2.05, 4.69) is 339 Å². The molecule has 16 aromatic carbocycles. The maximum absolute atomic E-state index is 9.95. The highest BCUT2D eigenvalue weighted by molar-refractivity contribution is 7.00. The summed E-state index contributed by atoms with van der Waals surface area (Å²) in [5.41, 5.74) is 21.8. The Labute approximate surface area is 621 Å². The minimum absolute atomic E-state index is 0.0122. The summed E-state index contributed by atoms with van der Waals surface area (Å²) in [6, 6.07) is 96.7. The van der Waals surface area contributed by atoms with Crippen LogP contribution in [0.5, 0.6) is 0 Å². The summed E-state index contributed by atoms with van der Waals surface area (Å²) in [6.07, 6.45) is 0. The van der Waals surface area contributed by atoms with Crippen molar-refractivity contribution >= 4 is 122 Å². The van der Waals surface area contributed by atoms with Crippen molar-refractivity contribution in [3.8, 4) is 61.3 Å². The van der Waals surface area contributed by atoms with Crippen LogP contribution in [0.25, 0.3) is 126 Å². The summed E-state index contributed by atoms with van der Waals surface area (Å²) in [5, 5.41) is 9.05. The molecule has 0 atom stereocenters. The molecule has 498 valence electrons. The second-order valence-corrected chi connectivity index (χ2v) is 31.4. The van der Waals surface area contributed by atoms with Crippen LogP contribution in [-0.2, 0) is 16.2 Å².